The van der Waals surface area contributed by atoms with Crippen LogP contribution in [0.4, 0.5) is 10.2 Å². The van der Waals surface area contributed by atoms with Crippen molar-refractivity contribution in [2.75, 3.05) is 24.5 Å². The molecule has 7 heteroatoms. The zero-order valence-electron chi connectivity index (χ0n) is 15.8. The molecule has 1 N–H and O–H groups in total. The molecule has 3 aliphatic rings. The number of ether oxygens (including phenoxy) is 1. The number of rotatable bonds is 4. The fourth-order valence-electron chi connectivity index (χ4n) is 5.15. The summed E-state index contributed by atoms with van der Waals surface area (Å²) in [5.41, 5.74) is 1.20. The van der Waals surface area contributed by atoms with Crippen LogP contribution in [0.15, 0.2) is 36.7 Å². The molecule has 0 radical (unpaired) electrons. The molecule has 146 valence electrons. The van der Waals surface area contributed by atoms with Gasteiger partial charge in [0.05, 0.1) is 17.3 Å². The molecule has 2 bridgehead atoms. The zero-order valence-corrected chi connectivity index (χ0v) is 15.8. The summed E-state index contributed by atoms with van der Waals surface area (Å²) < 4.78 is 20.6. The van der Waals surface area contributed by atoms with E-state index < -0.39 is 0 Å². The maximum Gasteiger partial charge on any atom is 0.252 e. The van der Waals surface area contributed by atoms with Crippen LogP contribution in [0.3, 0.4) is 0 Å². The number of hydrogen-bond acceptors (Lipinski definition) is 5. The minimum absolute atomic E-state index is 0.116. The number of anilines is 1. The predicted octanol–water partition coefficient (Wildman–Crippen LogP) is 2.34. The normalized spacial score (nSPS) is 30.5. The highest BCUT2D eigenvalue weighted by atomic mass is 19.1. The lowest BCUT2D eigenvalue weighted by Gasteiger charge is -2.29. The Morgan fingerprint density at radius 3 is 3.07 bits per heavy atom. The number of aromatic nitrogens is 2. The Hall–Kier alpha value is -2.54. The van der Waals surface area contributed by atoms with Crippen LogP contribution in [0, 0.1) is 24.6 Å². The van der Waals surface area contributed by atoms with E-state index in [0.29, 0.717) is 31.0 Å². The average molecular weight is 382 g/mol. The second-order valence-corrected chi connectivity index (χ2v) is 8.12. The topological polar surface area (TPSA) is 67.4 Å². The molecule has 0 aliphatic carbocycles. The van der Waals surface area contributed by atoms with Crippen molar-refractivity contribution in [1.29, 1.82) is 0 Å². The van der Waals surface area contributed by atoms with Crippen LogP contribution in [0.25, 0.3) is 0 Å². The van der Waals surface area contributed by atoms with Gasteiger partial charge in [-0.05, 0) is 44.0 Å². The van der Waals surface area contributed by atoms with Crippen LogP contribution in [0.5, 0.6) is 0 Å². The molecule has 0 aromatic carbocycles. The fraction of sp³-hybridized carbons (Fsp3) is 0.476. The Labute approximate surface area is 163 Å². The first kappa shape index (κ1) is 17.6. The molecule has 5 rings (SSSR count). The molecule has 1 amide bonds. The number of nitrogens with one attached hydrogen (secondary N) is 1. The van der Waals surface area contributed by atoms with Crippen molar-refractivity contribution < 1.29 is 13.9 Å². The van der Waals surface area contributed by atoms with Gasteiger partial charge < -0.3 is 15.0 Å². The molecule has 6 nitrogen and oxygen atoms in total. The summed E-state index contributed by atoms with van der Waals surface area (Å²) in [6.07, 6.45) is 5.36. The highest BCUT2D eigenvalue weighted by molar-refractivity contribution is 5.93. The van der Waals surface area contributed by atoms with Crippen LogP contribution in [0.1, 0.15) is 28.9 Å². The van der Waals surface area contributed by atoms with E-state index in [1.807, 2.05) is 17.9 Å². The van der Waals surface area contributed by atoms with Crippen LogP contribution < -0.4 is 10.2 Å². The number of fused-ring (bicyclic) bond motifs is 1. The molecule has 1 spiro atoms. The molecular formula is C21H23FN4O2. The highest BCUT2D eigenvalue weighted by Crippen LogP contribution is 2.55. The molecule has 3 aliphatic heterocycles. The summed E-state index contributed by atoms with van der Waals surface area (Å²) in [5.74, 6) is 0.476. The van der Waals surface area contributed by atoms with Crippen molar-refractivity contribution in [3.63, 3.8) is 0 Å². The Morgan fingerprint density at radius 1 is 1.39 bits per heavy atom. The van der Waals surface area contributed by atoms with E-state index >= 15 is 0 Å². The lowest BCUT2D eigenvalue weighted by molar-refractivity contribution is 0.0141. The van der Waals surface area contributed by atoms with E-state index in [4.69, 9.17) is 4.74 Å². The summed E-state index contributed by atoms with van der Waals surface area (Å²) >= 11 is 0. The van der Waals surface area contributed by atoms with Crippen LogP contribution in [0.2, 0.25) is 0 Å². The van der Waals surface area contributed by atoms with Gasteiger partial charge in [0, 0.05) is 49.6 Å². The number of nitrogens with zero attached hydrogens (tertiary/aromatic N) is 3. The first-order chi connectivity index (χ1) is 13.6. The van der Waals surface area contributed by atoms with E-state index in [1.165, 1.54) is 6.07 Å². The maximum atomic E-state index is 14.2. The third-order valence-electron chi connectivity index (χ3n) is 6.49. The van der Waals surface area contributed by atoms with Gasteiger partial charge in [-0.15, -0.1) is 0 Å². The molecule has 28 heavy (non-hydrogen) atoms. The van der Waals surface area contributed by atoms with E-state index in [0.717, 1.165) is 18.5 Å². The Morgan fingerprint density at radius 2 is 2.29 bits per heavy atom. The van der Waals surface area contributed by atoms with Gasteiger partial charge >= 0.3 is 0 Å². The van der Waals surface area contributed by atoms with Gasteiger partial charge in [-0.1, -0.05) is 0 Å². The van der Waals surface area contributed by atoms with Gasteiger partial charge in [0.2, 0.25) is 0 Å². The number of aryl methyl sites for hydroxylation is 1. The quantitative estimate of drug-likeness (QED) is 0.879. The number of amides is 1. The minimum atomic E-state index is -0.301. The minimum Gasteiger partial charge on any atom is -0.369 e. The largest absolute Gasteiger partial charge is 0.369 e. The Balaban J connectivity index is 1.30. The second-order valence-electron chi connectivity index (χ2n) is 8.12. The van der Waals surface area contributed by atoms with E-state index in [-0.39, 0.29) is 35.3 Å². The van der Waals surface area contributed by atoms with Crippen LogP contribution in [-0.4, -0.2) is 47.2 Å². The summed E-state index contributed by atoms with van der Waals surface area (Å²) in [4.78, 5) is 22.9. The van der Waals surface area contributed by atoms with Gasteiger partial charge in [0.1, 0.15) is 0 Å². The van der Waals surface area contributed by atoms with Crippen molar-refractivity contribution in [2.45, 2.75) is 31.5 Å². The first-order valence-electron chi connectivity index (χ1n) is 9.80. The zero-order chi connectivity index (χ0) is 19.3. The number of halogens is 1. The van der Waals surface area contributed by atoms with Crippen LogP contribution >= 0.6 is 0 Å². The first-order valence-corrected chi connectivity index (χ1v) is 9.80. The summed E-state index contributed by atoms with van der Waals surface area (Å²) in [7, 11) is 0. The number of hydrogen-bond donors (Lipinski definition) is 1. The average Bonchev–Trinajstić information content (AvgIpc) is 3.35. The maximum absolute atomic E-state index is 14.2. The van der Waals surface area contributed by atoms with Gasteiger partial charge in [-0.2, -0.15) is 0 Å². The van der Waals surface area contributed by atoms with Gasteiger partial charge in [0.25, 0.3) is 5.91 Å². The van der Waals surface area contributed by atoms with Crippen molar-refractivity contribution in [1.82, 2.24) is 15.3 Å². The van der Waals surface area contributed by atoms with Gasteiger partial charge in [-0.25, -0.2) is 9.37 Å². The third-order valence-corrected chi connectivity index (χ3v) is 6.49. The van der Waals surface area contributed by atoms with Crippen molar-refractivity contribution in [3.8, 4) is 0 Å². The molecule has 3 fully saturated rings. The number of pyridine rings is 2. The second kappa shape index (κ2) is 6.51. The third kappa shape index (κ3) is 2.76. The molecule has 4 atom stereocenters. The summed E-state index contributed by atoms with van der Waals surface area (Å²) in [6, 6.07) is 6.67. The number of carbonyl (C=O) groups excluding carboxylic acids is 1. The Bertz CT molecular complexity index is 906. The number of carbonyl (C=O) groups is 1. The molecule has 0 unspecified atom stereocenters. The molecule has 0 saturated carbocycles. The van der Waals surface area contributed by atoms with E-state index in [1.54, 1.807) is 24.5 Å². The van der Waals surface area contributed by atoms with Crippen molar-refractivity contribution >= 4 is 11.7 Å². The summed E-state index contributed by atoms with van der Waals surface area (Å²) in [5, 5.41) is 3.05. The smallest absolute Gasteiger partial charge is 0.252 e. The molecule has 5 heterocycles. The Kier molecular flexibility index (Phi) is 4.08. The highest BCUT2D eigenvalue weighted by Gasteiger charge is 2.63. The van der Waals surface area contributed by atoms with Crippen LogP contribution in [-0.2, 0) is 4.74 Å². The molecule has 2 aromatic rings. The summed E-state index contributed by atoms with van der Waals surface area (Å²) in [6.45, 7) is 3.82. The van der Waals surface area contributed by atoms with E-state index in [9.17, 15) is 9.18 Å². The fourth-order valence-corrected chi connectivity index (χ4v) is 5.15. The lowest BCUT2D eigenvalue weighted by atomic mass is 9.73. The molecular weight excluding hydrogens is 359 g/mol. The standard InChI is InChI=1S/C21H23FN4O2/c1-13-4-5-14(9-24-13)20(27)25-10-15-16-11-26(19-17(22)3-2-8-23-19)12-21(16)7-6-18(15)28-21/h2-5,8-9,15-16,18H,6-7,10-12H2,1H3,(H,25,27)/t15-,16+,18+,21+/m0/s1. The van der Waals surface area contributed by atoms with Gasteiger partial charge in [-0.3, -0.25) is 9.78 Å². The molecule has 3 saturated heterocycles. The van der Waals surface area contributed by atoms with Crippen molar-refractivity contribution in [2.24, 2.45) is 11.8 Å². The van der Waals surface area contributed by atoms with Gasteiger partial charge in [0.15, 0.2) is 11.6 Å². The van der Waals surface area contributed by atoms with E-state index in [2.05, 4.69) is 15.3 Å². The molecule has 2 aromatic heterocycles. The van der Waals surface area contributed by atoms with Crippen molar-refractivity contribution in [3.05, 3.63) is 53.7 Å². The lowest BCUT2D eigenvalue weighted by Crippen LogP contribution is -2.41. The predicted molar refractivity (Wildman–Crippen MR) is 102 cm³/mol. The monoisotopic (exact) mass is 382 g/mol. The SMILES string of the molecule is Cc1ccc(C(=O)NC[C@H]2[C@H]3CN(c4ncccc4F)C[C@]34CC[C@H]2O4)cn1.